The largest absolute Gasteiger partial charge is 0.480 e. The topological polar surface area (TPSA) is 60.9 Å². The predicted octanol–water partition coefficient (Wildman–Crippen LogP) is 1.50. The van der Waals surface area contributed by atoms with Gasteiger partial charge in [-0.3, -0.25) is 4.79 Å². The van der Waals surface area contributed by atoms with Gasteiger partial charge in [0.2, 0.25) is 5.88 Å². The van der Waals surface area contributed by atoms with E-state index in [0.29, 0.717) is 31.1 Å². The molecule has 0 radical (unpaired) electrons. The standard InChI is InChI=1S/C16H22N2O4/c1-20-12-10-16(22-11-12)5-8-18(9-6-16)15(19)13-4-3-7-17-14(13)21-2/h3-4,7,12H,5-6,8-11H2,1-2H3. The number of nitrogens with zero attached hydrogens (tertiary/aromatic N) is 2. The van der Waals surface area contributed by atoms with Crippen LogP contribution in [-0.4, -0.2) is 61.4 Å². The molecule has 1 amide bonds. The van der Waals surface area contributed by atoms with Crippen LogP contribution in [0.25, 0.3) is 0 Å². The van der Waals surface area contributed by atoms with Gasteiger partial charge in [0.15, 0.2) is 0 Å². The second-order valence-corrected chi connectivity index (χ2v) is 5.91. The molecular weight excluding hydrogens is 284 g/mol. The first-order valence-corrected chi connectivity index (χ1v) is 7.62. The number of methoxy groups -OCH3 is 2. The van der Waals surface area contributed by atoms with E-state index in [-0.39, 0.29) is 17.6 Å². The molecule has 0 bridgehead atoms. The first-order valence-electron chi connectivity index (χ1n) is 7.62. The third-order valence-corrected chi connectivity index (χ3v) is 4.67. The van der Waals surface area contributed by atoms with Crippen LogP contribution in [0.15, 0.2) is 18.3 Å². The quantitative estimate of drug-likeness (QED) is 0.847. The van der Waals surface area contributed by atoms with E-state index in [2.05, 4.69) is 4.98 Å². The lowest BCUT2D eigenvalue weighted by Crippen LogP contribution is -2.46. The fourth-order valence-corrected chi connectivity index (χ4v) is 3.31. The number of aromatic nitrogens is 1. The van der Waals surface area contributed by atoms with Gasteiger partial charge in [0.05, 0.1) is 25.4 Å². The number of hydrogen-bond acceptors (Lipinski definition) is 5. The maximum absolute atomic E-state index is 12.6. The van der Waals surface area contributed by atoms with Gasteiger partial charge in [-0.15, -0.1) is 0 Å². The van der Waals surface area contributed by atoms with Crippen LogP contribution in [0.1, 0.15) is 29.6 Å². The summed E-state index contributed by atoms with van der Waals surface area (Å²) < 4.78 is 16.5. The summed E-state index contributed by atoms with van der Waals surface area (Å²) in [4.78, 5) is 18.6. The number of carbonyl (C=O) groups excluding carboxylic acids is 1. The average Bonchev–Trinajstić information content (AvgIpc) is 2.98. The van der Waals surface area contributed by atoms with Crippen molar-refractivity contribution in [1.29, 1.82) is 0 Å². The normalized spacial score (nSPS) is 23.7. The highest BCUT2D eigenvalue weighted by molar-refractivity contribution is 5.96. The smallest absolute Gasteiger partial charge is 0.259 e. The van der Waals surface area contributed by atoms with E-state index in [9.17, 15) is 4.79 Å². The van der Waals surface area contributed by atoms with E-state index in [1.54, 1.807) is 25.4 Å². The van der Waals surface area contributed by atoms with Crippen LogP contribution in [0, 0.1) is 0 Å². The fourth-order valence-electron chi connectivity index (χ4n) is 3.31. The van der Waals surface area contributed by atoms with E-state index in [1.807, 2.05) is 4.90 Å². The lowest BCUT2D eigenvalue weighted by molar-refractivity contribution is -0.0402. The van der Waals surface area contributed by atoms with E-state index in [1.165, 1.54) is 7.11 Å². The van der Waals surface area contributed by atoms with Gasteiger partial charge in [0.25, 0.3) is 5.91 Å². The zero-order valence-electron chi connectivity index (χ0n) is 13.1. The van der Waals surface area contributed by atoms with E-state index in [4.69, 9.17) is 14.2 Å². The zero-order chi connectivity index (χ0) is 15.6. The minimum atomic E-state index is -0.115. The second-order valence-electron chi connectivity index (χ2n) is 5.91. The van der Waals surface area contributed by atoms with Crippen molar-refractivity contribution in [3.63, 3.8) is 0 Å². The molecule has 1 unspecified atom stereocenters. The summed E-state index contributed by atoms with van der Waals surface area (Å²) in [5, 5.41) is 0. The number of hydrogen-bond donors (Lipinski definition) is 0. The van der Waals surface area contributed by atoms with Crippen LogP contribution in [0.3, 0.4) is 0 Å². The Morgan fingerprint density at radius 2 is 2.18 bits per heavy atom. The van der Waals surface area contributed by atoms with Crippen LogP contribution in [0.2, 0.25) is 0 Å². The molecule has 22 heavy (non-hydrogen) atoms. The van der Waals surface area contributed by atoms with Crippen LogP contribution in [0.5, 0.6) is 5.88 Å². The molecule has 1 aromatic rings. The molecule has 2 fully saturated rings. The molecule has 1 atom stereocenters. The van der Waals surface area contributed by atoms with Crippen molar-refractivity contribution in [3.05, 3.63) is 23.9 Å². The second kappa shape index (κ2) is 6.22. The Bertz CT molecular complexity index is 541. The molecule has 0 aliphatic carbocycles. The lowest BCUT2D eigenvalue weighted by atomic mass is 9.87. The van der Waals surface area contributed by atoms with Crippen molar-refractivity contribution < 1.29 is 19.0 Å². The number of carbonyl (C=O) groups is 1. The maximum Gasteiger partial charge on any atom is 0.259 e. The summed E-state index contributed by atoms with van der Waals surface area (Å²) in [5.74, 6) is 0.352. The monoisotopic (exact) mass is 306 g/mol. The molecule has 0 saturated carbocycles. The van der Waals surface area contributed by atoms with Crippen LogP contribution in [0.4, 0.5) is 0 Å². The number of pyridine rings is 1. The Labute approximate surface area is 130 Å². The van der Waals surface area contributed by atoms with E-state index >= 15 is 0 Å². The number of likely N-dealkylation sites (tertiary alicyclic amines) is 1. The van der Waals surface area contributed by atoms with Crippen LogP contribution >= 0.6 is 0 Å². The average molecular weight is 306 g/mol. The molecule has 1 spiro atoms. The van der Waals surface area contributed by atoms with Crippen molar-refractivity contribution in [2.75, 3.05) is 33.9 Å². The minimum Gasteiger partial charge on any atom is -0.480 e. The Morgan fingerprint density at radius 1 is 1.41 bits per heavy atom. The molecule has 2 aliphatic heterocycles. The van der Waals surface area contributed by atoms with E-state index < -0.39 is 0 Å². The molecule has 6 heteroatoms. The molecular formula is C16H22N2O4. The highest BCUT2D eigenvalue weighted by atomic mass is 16.6. The minimum absolute atomic E-state index is 0.0268. The molecule has 3 heterocycles. The summed E-state index contributed by atoms with van der Waals surface area (Å²) in [6.07, 6.45) is 4.42. The number of amides is 1. The van der Waals surface area contributed by atoms with Crippen molar-refractivity contribution in [2.24, 2.45) is 0 Å². The highest BCUT2D eigenvalue weighted by Gasteiger charge is 2.43. The summed E-state index contributed by atoms with van der Waals surface area (Å²) in [6, 6.07) is 3.51. The van der Waals surface area contributed by atoms with Gasteiger partial charge in [-0.1, -0.05) is 0 Å². The van der Waals surface area contributed by atoms with Gasteiger partial charge < -0.3 is 19.1 Å². The Hall–Kier alpha value is -1.66. The van der Waals surface area contributed by atoms with Crippen molar-refractivity contribution >= 4 is 5.91 Å². The number of rotatable bonds is 3. The SMILES string of the molecule is COc1ncccc1C(=O)N1CCC2(CC1)CC(OC)CO2. The first kappa shape index (κ1) is 15.2. The van der Waals surface area contributed by atoms with Gasteiger partial charge in [-0.25, -0.2) is 4.98 Å². The van der Waals surface area contributed by atoms with E-state index in [0.717, 1.165) is 19.3 Å². The lowest BCUT2D eigenvalue weighted by Gasteiger charge is -2.38. The van der Waals surface area contributed by atoms with Gasteiger partial charge >= 0.3 is 0 Å². The molecule has 2 saturated heterocycles. The Morgan fingerprint density at radius 3 is 2.82 bits per heavy atom. The molecule has 0 aromatic carbocycles. The molecule has 3 rings (SSSR count). The maximum atomic E-state index is 12.6. The summed E-state index contributed by atoms with van der Waals surface area (Å²) >= 11 is 0. The first-order chi connectivity index (χ1) is 10.7. The Balaban J connectivity index is 1.65. The van der Waals surface area contributed by atoms with Crippen LogP contribution < -0.4 is 4.74 Å². The summed E-state index contributed by atoms with van der Waals surface area (Å²) in [7, 11) is 3.25. The third kappa shape index (κ3) is 2.80. The number of piperidine rings is 1. The van der Waals surface area contributed by atoms with Gasteiger partial charge in [0.1, 0.15) is 5.56 Å². The Kier molecular flexibility index (Phi) is 4.31. The zero-order valence-corrected chi connectivity index (χ0v) is 13.1. The predicted molar refractivity (Wildman–Crippen MR) is 80.0 cm³/mol. The van der Waals surface area contributed by atoms with Gasteiger partial charge in [-0.05, 0) is 25.0 Å². The molecule has 1 aromatic heterocycles. The summed E-state index contributed by atoms with van der Waals surface area (Å²) in [5.41, 5.74) is 0.402. The van der Waals surface area contributed by atoms with Gasteiger partial charge in [0, 0.05) is 32.8 Å². The van der Waals surface area contributed by atoms with Crippen LogP contribution in [-0.2, 0) is 9.47 Å². The van der Waals surface area contributed by atoms with Crippen molar-refractivity contribution in [3.8, 4) is 5.88 Å². The third-order valence-electron chi connectivity index (χ3n) is 4.67. The fraction of sp³-hybridized carbons (Fsp3) is 0.625. The summed E-state index contributed by atoms with van der Waals surface area (Å²) in [6.45, 7) is 2.03. The number of ether oxygens (including phenoxy) is 3. The highest BCUT2D eigenvalue weighted by Crippen LogP contribution is 2.37. The van der Waals surface area contributed by atoms with Crippen molar-refractivity contribution in [1.82, 2.24) is 9.88 Å². The van der Waals surface area contributed by atoms with Crippen molar-refractivity contribution in [2.45, 2.75) is 31.0 Å². The molecule has 2 aliphatic rings. The van der Waals surface area contributed by atoms with Gasteiger partial charge in [-0.2, -0.15) is 0 Å². The molecule has 0 N–H and O–H groups in total. The molecule has 120 valence electrons. The molecule has 6 nitrogen and oxygen atoms in total.